The number of hydrogen-bond acceptors (Lipinski definition) is 5. The average Bonchev–Trinajstić information content (AvgIpc) is 2.87. The molecule has 0 aliphatic carbocycles. The van der Waals surface area contributed by atoms with Crippen LogP contribution in [0.3, 0.4) is 0 Å². The van der Waals surface area contributed by atoms with Gasteiger partial charge in [0.25, 0.3) is 6.01 Å². The summed E-state index contributed by atoms with van der Waals surface area (Å²) < 4.78 is 17.7. The number of anilines is 1. The molecular formula is C14H19BN2O3. The van der Waals surface area contributed by atoms with Gasteiger partial charge < -0.3 is 19.0 Å². The molecular weight excluding hydrogens is 255 g/mol. The molecule has 0 spiro atoms. The molecule has 106 valence electrons. The predicted molar refractivity (Wildman–Crippen MR) is 79.3 cm³/mol. The van der Waals surface area contributed by atoms with Gasteiger partial charge in [0.1, 0.15) is 5.52 Å². The fraction of sp³-hybridized carbons (Fsp3) is 0.500. The molecule has 0 saturated carbocycles. The Labute approximate surface area is 118 Å². The number of oxazole rings is 1. The first-order chi connectivity index (χ1) is 9.32. The summed E-state index contributed by atoms with van der Waals surface area (Å²) in [7, 11) is 1.40. The van der Waals surface area contributed by atoms with Crippen LogP contribution in [0.2, 0.25) is 0 Å². The molecule has 1 saturated heterocycles. The molecule has 1 aliphatic rings. The molecule has 2 aromatic rings. The zero-order chi connectivity index (χ0) is 14.5. The summed E-state index contributed by atoms with van der Waals surface area (Å²) in [5.74, 6) is 0. The molecule has 1 N–H and O–H groups in total. The monoisotopic (exact) mass is 274 g/mol. The van der Waals surface area contributed by atoms with E-state index < -0.39 is 0 Å². The van der Waals surface area contributed by atoms with Gasteiger partial charge in [-0.2, -0.15) is 4.98 Å². The molecule has 0 amide bonds. The highest BCUT2D eigenvalue weighted by Crippen LogP contribution is 2.36. The lowest BCUT2D eigenvalue weighted by Gasteiger charge is -2.32. The van der Waals surface area contributed by atoms with Gasteiger partial charge in [-0.3, -0.25) is 0 Å². The van der Waals surface area contributed by atoms with Crippen LogP contribution in [-0.2, 0) is 9.31 Å². The number of hydrogen-bond donors (Lipinski definition) is 1. The lowest BCUT2D eigenvalue weighted by Crippen LogP contribution is -2.41. The topological polar surface area (TPSA) is 56.5 Å². The van der Waals surface area contributed by atoms with Crippen molar-refractivity contribution in [2.24, 2.45) is 0 Å². The normalized spacial score (nSPS) is 20.6. The van der Waals surface area contributed by atoms with Gasteiger partial charge in [-0.05, 0) is 45.3 Å². The second-order valence-corrected chi connectivity index (χ2v) is 6.08. The highest BCUT2D eigenvalue weighted by Gasteiger charge is 2.51. The van der Waals surface area contributed by atoms with Crippen LogP contribution in [0.15, 0.2) is 22.6 Å². The molecule has 0 atom stereocenters. The maximum atomic E-state index is 6.03. The van der Waals surface area contributed by atoms with E-state index in [1.807, 2.05) is 45.9 Å². The average molecular weight is 274 g/mol. The van der Waals surface area contributed by atoms with Crippen molar-refractivity contribution in [2.75, 3.05) is 12.4 Å². The first-order valence-electron chi connectivity index (χ1n) is 6.76. The third-order valence-corrected chi connectivity index (χ3v) is 4.15. The van der Waals surface area contributed by atoms with E-state index in [0.717, 1.165) is 16.6 Å². The Bertz CT molecular complexity index is 635. The van der Waals surface area contributed by atoms with E-state index in [2.05, 4.69) is 10.3 Å². The van der Waals surface area contributed by atoms with E-state index in [1.54, 1.807) is 7.05 Å². The predicted octanol–water partition coefficient (Wildman–Crippen LogP) is 2.17. The van der Waals surface area contributed by atoms with Crippen molar-refractivity contribution < 1.29 is 13.7 Å². The quantitative estimate of drug-likeness (QED) is 0.850. The van der Waals surface area contributed by atoms with E-state index in [1.165, 1.54) is 0 Å². The van der Waals surface area contributed by atoms with E-state index in [4.69, 9.17) is 13.7 Å². The summed E-state index contributed by atoms with van der Waals surface area (Å²) in [5.41, 5.74) is 1.79. The molecule has 2 heterocycles. The van der Waals surface area contributed by atoms with Crippen LogP contribution < -0.4 is 10.8 Å². The number of fused-ring (bicyclic) bond motifs is 1. The fourth-order valence-corrected chi connectivity index (χ4v) is 2.17. The molecule has 3 rings (SSSR count). The zero-order valence-corrected chi connectivity index (χ0v) is 12.5. The summed E-state index contributed by atoms with van der Waals surface area (Å²) in [6.45, 7) is 8.16. The molecule has 0 radical (unpaired) electrons. The molecule has 0 bridgehead atoms. The Morgan fingerprint density at radius 2 is 1.75 bits per heavy atom. The van der Waals surface area contributed by atoms with Crippen molar-refractivity contribution in [3.63, 3.8) is 0 Å². The fourth-order valence-electron chi connectivity index (χ4n) is 2.17. The zero-order valence-electron chi connectivity index (χ0n) is 12.5. The van der Waals surface area contributed by atoms with Gasteiger partial charge in [0.2, 0.25) is 0 Å². The van der Waals surface area contributed by atoms with Crippen molar-refractivity contribution in [3.8, 4) is 0 Å². The smallest absolute Gasteiger partial charge is 0.424 e. The molecule has 6 heteroatoms. The van der Waals surface area contributed by atoms with Gasteiger partial charge in [0.05, 0.1) is 11.2 Å². The van der Waals surface area contributed by atoms with Gasteiger partial charge in [-0.25, -0.2) is 0 Å². The van der Waals surface area contributed by atoms with Gasteiger partial charge in [0.15, 0.2) is 5.58 Å². The number of benzene rings is 1. The SMILES string of the molecule is CNc1nc2ccc(B3OC(C)(C)C(C)(C)O3)cc2o1. The van der Waals surface area contributed by atoms with E-state index in [9.17, 15) is 0 Å². The van der Waals surface area contributed by atoms with Crippen LogP contribution in [0.4, 0.5) is 6.01 Å². The Morgan fingerprint density at radius 1 is 1.10 bits per heavy atom. The van der Waals surface area contributed by atoms with Gasteiger partial charge in [-0.1, -0.05) is 6.07 Å². The van der Waals surface area contributed by atoms with Gasteiger partial charge >= 0.3 is 7.12 Å². The molecule has 20 heavy (non-hydrogen) atoms. The second-order valence-electron chi connectivity index (χ2n) is 6.08. The Hall–Kier alpha value is -1.53. The first-order valence-corrected chi connectivity index (χ1v) is 6.76. The maximum absolute atomic E-state index is 6.03. The minimum atomic E-state index is -0.382. The minimum Gasteiger partial charge on any atom is -0.424 e. The van der Waals surface area contributed by atoms with Gasteiger partial charge in [0, 0.05) is 7.05 Å². The molecule has 1 aromatic carbocycles. The summed E-state index contributed by atoms with van der Waals surface area (Å²) in [6.07, 6.45) is 0. The lowest BCUT2D eigenvalue weighted by molar-refractivity contribution is 0.00578. The van der Waals surface area contributed by atoms with E-state index in [0.29, 0.717) is 6.01 Å². The lowest BCUT2D eigenvalue weighted by atomic mass is 9.79. The van der Waals surface area contributed by atoms with Crippen molar-refractivity contribution in [1.82, 2.24) is 4.98 Å². The molecule has 1 aromatic heterocycles. The van der Waals surface area contributed by atoms with Crippen molar-refractivity contribution in [3.05, 3.63) is 18.2 Å². The molecule has 0 unspecified atom stereocenters. The molecule has 1 aliphatic heterocycles. The Morgan fingerprint density at radius 3 is 2.35 bits per heavy atom. The number of nitrogens with zero attached hydrogens (tertiary/aromatic N) is 1. The summed E-state index contributed by atoms with van der Waals surface area (Å²) in [5, 5.41) is 2.89. The first kappa shape index (κ1) is 13.5. The number of nitrogens with one attached hydrogen (secondary N) is 1. The van der Waals surface area contributed by atoms with Crippen molar-refractivity contribution in [1.29, 1.82) is 0 Å². The van der Waals surface area contributed by atoms with Crippen LogP contribution >= 0.6 is 0 Å². The van der Waals surface area contributed by atoms with E-state index in [-0.39, 0.29) is 18.3 Å². The largest absolute Gasteiger partial charge is 0.494 e. The molecule has 5 nitrogen and oxygen atoms in total. The summed E-state index contributed by atoms with van der Waals surface area (Å²) >= 11 is 0. The van der Waals surface area contributed by atoms with Crippen LogP contribution in [0.25, 0.3) is 11.1 Å². The second kappa shape index (κ2) is 4.23. The third-order valence-electron chi connectivity index (χ3n) is 4.15. The highest BCUT2D eigenvalue weighted by atomic mass is 16.7. The van der Waals surface area contributed by atoms with Crippen LogP contribution in [0, 0.1) is 0 Å². The Kier molecular flexibility index (Phi) is 2.85. The number of rotatable bonds is 2. The van der Waals surface area contributed by atoms with Crippen LogP contribution in [0.5, 0.6) is 0 Å². The van der Waals surface area contributed by atoms with E-state index >= 15 is 0 Å². The highest BCUT2D eigenvalue weighted by molar-refractivity contribution is 6.62. The molecule has 1 fully saturated rings. The van der Waals surface area contributed by atoms with Crippen molar-refractivity contribution in [2.45, 2.75) is 38.9 Å². The van der Waals surface area contributed by atoms with Crippen LogP contribution in [-0.4, -0.2) is 30.4 Å². The Balaban J connectivity index is 1.95. The minimum absolute atomic E-state index is 0.343. The van der Waals surface area contributed by atoms with Crippen LogP contribution in [0.1, 0.15) is 27.7 Å². The third kappa shape index (κ3) is 1.99. The maximum Gasteiger partial charge on any atom is 0.494 e. The summed E-state index contributed by atoms with van der Waals surface area (Å²) in [4.78, 5) is 4.30. The summed E-state index contributed by atoms with van der Waals surface area (Å²) in [6, 6.07) is 6.31. The van der Waals surface area contributed by atoms with Crippen molar-refractivity contribution >= 4 is 29.7 Å². The standard InChI is InChI=1S/C14H19BN2O3/c1-13(2)14(3,4)20-15(19-13)9-6-7-10-11(8-9)18-12(16-5)17-10/h6-8H,1-5H3,(H,16,17). The number of aromatic nitrogens is 1. The van der Waals surface area contributed by atoms with Gasteiger partial charge in [-0.15, -0.1) is 0 Å².